The molecule has 1 aliphatic rings. The average Bonchev–Trinajstić information content (AvgIpc) is 2.74. The minimum atomic E-state index is -0.454. The van der Waals surface area contributed by atoms with Gasteiger partial charge in [-0.05, 0) is 17.6 Å². The third kappa shape index (κ3) is 3.07. The second-order valence-corrected chi connectivity index (χ2v) is 5.08. The van der Waals surface area contributed by atoms with Crippen LogP contribution in [0, 0.1) is 5.92 Å². The molecule has 0 bridgehead atoms. The Hall–Kier alpha value is -1.99. The number of nitrogens with one attached hydrogen (secondary N) is 1. The Bertz CT molecular complexity index is 483. The molecule has 1 aliphatic heterocycles. The van der Waals surface area contributed by atoms with Gasteiger partial charge in [-0.3, -0.25) is 9.59 Å². The summed E-state index contributed by atoms with van der Waals surface area (Å²) in [7, 11) is 1.66. The first-order valence-electron chi connectivity index (χ1n) is 6.27. The van der Waals surface area contributed by atoms with Gasteiger partial charge in [-0.2, -0.15) is 4.80 Å². The first-order valence-corrected chi connectivity index (χ1v) is 6.27. The van der Waals surface area contributed by atoms with Crippen molar-refractivity contribution in [1.82, 2.24) is 30.4 Å². The lowest BCUT2D eigenvalue weighted by Crippen LogP contribution is -2.58. The number of carbonyl (C=O) groups is 2. The van der Waals surface area contributed by atoms with Gasteiger partial charge in [0.2, 0.25) is 11.8 Å². The highest BCUT2D eigenvalue weighted by molar-refractivity contribution is 5.94. The van der Waals surface area contributed by atoms with Gasteiger partial charge in [-0.25, -0.2) is 0 Å². The van der Waals surface area contributed by atoms with Crippen LogP contribution in [0.5, 0.6) is 0 Å². The normalized spacial score (nSPS) is 20.0. The van der Waals surface area contributed by atoms with Crippen LogP contribution in [0.3, 0.4) is 0 Å². The van der Waals surface area contributed by atoms with Crippen molar-refractivity contribution in [3.05, 3.63) is 5.82 Å². The highest BCUT2D eigenvalue weighted by Crippen LogP contribution is 2.16. The maximum Gasteiger partial charge on any atom is 0.243 e. The number of tetrazole rings is 1. The fraction of sp³-hybridized carbons (Fsp3) is 0.727. The van der Waals surface area contributed by atoms with Gasteiger partial charge in [-0.15, -0.1) is 10.2 Å². The van der Waals surface area contributed by atoms with Gasteiger partial charge in [-0.1, -0.05) is 13.8 Å². The van der Waals surface area contributed by atoms with E-state index in [0.717, 1.165) is 0 Å². The first kappa shape index (κ1) is 13.4. The molecular formula is C11H18N6O2. The van der Waals surface area contributed by atoms with Crippen LogP contribution < -0.4 is 5.32 Å². The van der Waals surface area contributed by atoms with Crippen molar-refractivity contribution in [3.63, 3.8) is 0 Å². The summed E-state index contributed by atoms with van der Waals surface area (Å²) >= 11 is 0. The van der Waals surface area contributed by atoms with Crippen LogP contribution >= 0.6 is 0 Å². The standard InChI is InChI=1S/C11H18N6O2/c1-7(2)4-8-11(19)12-5-10(18)17(8)6-9-13-15-16(3)14-9/h7-8H,4-6H2,1-3H3,(H,12,19). The molecule has 104 valence electrons. The third-order valence-electron chi connectivity index (χ3n) is 2.97. The number of piperazine rings is 1. The largest absolute Gasteiger partial charge is 0.345 e. The summed E-state index contributed by atoms with van der Waals surface area (Å²) in [5.41, 5.74) is 0. The lowest BCUT2D eigenvalue weighted by molar-refractivity contribution is -0.147. The van der Waals surface area contributed by atoms with Crippen molar-refractivity contribution < 1.29 is 9.59 Å². The summed E-state index contributed by atoms with van der Waals surface area (Å²) in [6.45, 7) is 4.29. The summed E-state index contributed by atoms with van der Waals surface area (Å²) in [5.74, 6) is 0.535. The molecule has 2 rings (SSSR count). The second kappa shape index (κ2) is 5.33. The molecule has 1 aromatic rings. The number of aryl methyl sites for hydroxylation is 1. The molecular weight excluding hydrogens is 248 g/mol. The molecule has 2 amide bonds. The van der Waals surface area contributed by atoms with E-state index in [4.69, 9.17) is 0 Å². The van der Waals surface area contributed by atoms with E-state index in [1.54, 1.807) is 7.05 Å². The fourth-order valence-corrected chi connectivity index (χ4v) is 2.12. The fourth-order valence-electron chi connectivity index (χ4n) is 2.12. The van der Waals surface area contributed by atoms with Crippen molar-refractivity contribution in [2.45, 2.75) is 32.9 Å². The number of carbonyl (C=O) groups excluding carboxylic acids is 2. The molecule has 0 aliphatic carbocycles. The monoisotopic (exact) mass is 266 g/mol. The van der Waals surface area contributed by atoms with Gasteiger partial charge in [0.15, 0.2) is 5.82 Å². The molecule has 1 unspecified atom stereocenters. The van der Waals surface area contributed by atoms with Gasteiger partial charge in [0.05, 0.1) is 20.1 Å². The maximum absolute atomic E-state index is 12.0. The molecule has 8 heteroatoms. The summed E-state index contributed by atoms with van der Waals surface area (Å²) in [6, 6.07) is -0.454. The molecule has 0 aromatic carbocycles. The van der Waals surface area contributed by atoms with Crippen LogP contribution in [0.1, 0.15) is 26.1 Å². The highest BCUT2D eigenvalue weighted by atomic mass is 16.2. The Morgan fingerprint density at radius 2 is 2.16 bits per heavy atom. The van der Waals surface area contributed by atoms with Gasteiger partial charge in [0.25, 0.3) is 0 Å². The molecule has 2 heterocycles. The van der Waals surface area contributed by atoms with Crippen LogP contribution in [-0.4, -0.2) is 49.5 Å². The summed E-state index contributed by atoms with van der Waals surface area (Å²) in [5, 5.41) is 14.3. The predicted octanol–water partition coefficient (Wildman–Crippen LogP) is -0.917. The molecule has 1 fully saturated rings. The predicted molar refractivity (Wildman–Crippen MR) is 65.6 cm³/mol. The zero-order chi connectivity index (χ0) is 14.0. The quantitative estimate of drug-likeness (QED) is 0.761. The summed E-state index contributed by atoms with van der Waals surface area (Å²) in [6.07, 6.45) is 0.623. The van der Waals surface area contributed by atoms with Crippen molar-refractivity contribution in [2.75, 3.05) is 6.54 Å². The van der Waals surface area contributed by atoms with E-state index in [9.17, 15) is 9.59 Å². The van der Waals surface area contributed by atoms with E-state index in [1.807, 2.05) is 13.8 Å². The Morgan fingerprint density at radius 3 is 2.74 bits per heavy atom. The van der Waals surface area contributed by atoms with Crippen LogP contribution in [0.2, 0.25) is 0 Å². The Labute approximate surface area is 111 Å². The molecule has 19 heavy (non-hydrogen) atoms. The first-order chi connectivity index (χ1) is 8.97. The van der Waals surface area contributed by atoms with Gasteiger partial charge >= 0.3 is 0 Å². The van der Waals surface area contributed by atoms with E-state index in [1.165, 1.54) is 9.70 Å². The molecule has 1 aromatic heterocycles. The zero-order valence-corrected chi connectivity index (χ0v) is 11.3. The number of rotatable bonds is 4. The third-order valence-corrected chi connectivity index (χ3v) is 2.97. The number of nitrogens with zero attached hydrogens (tertiary/aromatic N) is 5. The van der Waals surface area contributed by atoms with Gasteiger partial charge < -0.3 is 10.2 Å². The van der Waals surface area contributed by atoms with Crippen molar-refractivity contribution in [1.29, 1.82) is 0 Å². The van der Waals surface area contributed by atoms with Gasteiger partial charge in [0, 0.05) is 0 Å². The minimum absolute atomic E-state index is 0.0354. The molecule has 0 spiro atoms. The van der Waals surface area contributed by atoms with E-state index in [2.05, 4.69) is 20.7 Å². The van der Waals surface area contributed by atoms with Crippen LogP contribution in [-0.2, 0) is 23.2 Å². The molecule has 1 saturated heterocycles. The maximum atomic E-state index is 12.0. The number of hydrogen-bond donors (Lipinski definition) is 1. The Balaban J connectivity index is 2.16. The zero-order valence-electron chi connectivity index (χ0n) is 11.3. The Morgan fingerprint density at radius 1 is 1.42 bits per heavy atom. The molecule has 0 radical (unpaired) electrons. The number of aromatic nitrogens is 4. The lowest BCUT2D eigenvalue weighted by atomic mass is 10.00. The van der Waals surface area contributed by atoms with E-state index >= 15 is 0 Å². The lowest BCUT2D eigenvalue weighted by Gasteiger charge is -2.34. The molecule has 1 atom stereocenters. The van der Waals surface area contributed by atoms with E-state index in [0.29, 0.717) is 18.2 Å². The summed E-state index contributed by atoms with van der Waals surface area (Å²) in [4.78, 5) is 26.8. The molecule has 0 saturated carbocycles. The SMILES string of the molecule is CC(C)CC1C(=O)NCC(=O)N1Cc1nnn(C)n1. The van der Waals surface area contributed by atoms with E-state index in [-0.39, 0.29) is 24.9 Å². The topological polar surface area (TPSA) is 93.0 Å². The van der Waals surface area contributed by atoms with Crippen LogP contribution in [0.15, 0.2) is 0 Å². The second-order valence-electron chi connectivity index (χ2n) is 5.08. The molecule has 8 nitrogen and oxygen atoms in total. The molecule has 1 N–H and O–H groups in total. The highest BCUT2D eigenvalue weighted by Gasteiger charge is 2.35. The van der Waals surface area contributed by atoms with Crippen LogP contribution in [0.4, 0.5) is 0 Å². The number of amides is 2. The van der Waals surface area contributed by atoms with Crippen molar-refractivity contribution in [2.24, 2.45) is 13.0 Å². The average molecular weight is 266 g/mol. The smallest absolute Gasteiger partial charge is 0.243 e. The van der Waals surface area contributed by atoms with Crippen molar-refractivity contribution in [3.8, 4) is 0 Å². The van der Waals surface area contributed by atoms with Crippen molar-refractivity contribution >= 4 is 11.8 Å². The van der Waals surface area contributed by atoms with E-state index < -0.39 is 6.04 Å². The van der Waals surface area contributed by atoms with Crippen LogP contribution in [0.25, 0.3) is 0 Å². The minimum Gasteiger partial charge on any atom is -0.345 e. The van der Waals surface area contributed by atoms with Gasteiger partial charge in [0.1, 0.15) is 6.04 Å². The summed E-state index contributed by atoms with van der Waals surface area (Å²) < 4.78 is 0. The number of hydrogen-bond acceptors (Lipinski definition) is 5. The Kier molecular flexibility index (Phi) is 3.77.